The normalized spacial score (nSPS) is 10.4. The van der Waals surface area contributed by atoms with Crippen LogP contribution in [0.1, 0.15) is 5.56 Å². The molecule has 7 heteroatoms. The van der Waals surface area contributed by atoms with Crippen LogP contribution in [0.25, 0.3) is 5.52 Å². The molecule has 0 spiro atoms. The zero-order valence-electron chi connectivity index (χ0n) is 11.3. The topological polar surface area (TPSA) is 63.7 Å². The molecule has 0 fully saturated rings. The fourth-order valence-corrected chi connectivity index (χ4v) is 2.27. The summed E-state index contributed by atoms with van der Waals surface area (Å²) in [7, 11) is 0. The first-order chi connectivity index (χ1) is 10.1. The van der Waals surface area contributed by atoms with Gasteiger partial charge in [0, 0.05) is 29.7 Å². The number of rotatable bonds is 2. The van der Waals surface area contributed by atoms with Gasteiger partial charge in [0.2, 0.25) is 5.43 Å². The fraction of sp³-hybridized carbons (Fsp3) is 0.0667. The minimum Gasteiger partial charge on any atom is -0.503 e. The van der Waals surface area contributed by atoms with E-state index >= 15 is 0 Å². The van der Waals surface area contributed by atoms with E-state index < -0.39 is 16.7 Å². The van der Waals surface area contributed by atoms with Crippen molar-refractivity contribution in [2.24, 2.45) is 0 Å². The van der Waals surface area contributed by atoms with Crippen molar-refractivity contribution in [1.82, 2.24) is 8.97 Å². The number of halogens is 2. The van der Waals surface area contributed by atoms with E-state index in [0.717, 1.165) is 5.56 Å². The molecule has 0 radical (unpaired) electrons. The highest BCUT2D eigenvalue weighted by Crippen LogP contribution is 2.11. The van der Waals surface area contributed by atoms with Crippen LogP contribution in [0.15, 0.2) is 58.5 Å². The second kappa shape index (κ2) is 6.25. The van der Waals surface area contributed by atoms with E-state index in [9.17, 15) is 14.7 Å². The minimum atomic E-state index is -0.573. The van der Waals surface area contributed by atoms with Crippen molar-refractivity contribution in [1.29, 1.82) is 0 Å². The lowest BCUT2D eigenvalue weighted by molar-refractivity contribution is 0.472. The summed E-state index contributed by atoms with van der Waals surface area (Å²) in [5, 5.41) is 10.4. The summed E-state index contributed by atoms with van der Waals surface area (Å²) < 4.78 is 2.86. The lowest BCUT2D eigenvalue weighted by Gasteiger charge is -2.09. The van der Waals surface area contributed by atoms with Crippen molar-refractivity contribution in [3.8, 4) is 5.75 Å². The maximum atomic E-state index is 12.4. The maximum Gasteiger partial charge on any atom is 0.279 e. The van der Waals surface area contributed by atoms with Crippen LogP contribution in [0.4, 0.5) is 0 Å². The van der Waals surface area contributed by atoms with Gasteiger partial charge in [0.1, 0.15) is 0 Å². The summed E-state index contributed by atoms with van der Waals surface area (Å²) >= 11 is 5.82. The largest absolute Gasteiger partial charge is 0.503 e. The lowest BCUT2D eigenvalue weighted by Crippen LogP contribution is -2.23. The number of hydrogen-bond acceptors (Lipinski definition) is 3. The number of fused-ring (bicyclic) bond motifs is 1. The molecule has 0 amide bonds. The Morgan fingerprint density at radius 3 is 2.36 bits per heavy atom. The predicted octanol–water partition coefficient (Wildman–Crippen LogP) is 2.29. The molecular weight excluding hydrogens is 327 g/mol. The first kappa shape index (κ1) is 16.1. The number of benzene rings is 1. The third kappa shape index (κ3) is 2.86. The quantitative estimate of drug-likeness (QED) is 0.779. The fourth-order valence-electron chi connectivity index (χ4n) is 2.14. The zero-order chi connectivity index (χ0) is 15.0. The summed E-state index contributed by atoms with van der Waals surface area (Å²) in [5.74, 6) is -0.534. The standard InChI is InChI=1S/C15H11ClN2O3.ClH/c16-11-3-1-10(2-4-11)9-18-8-7-17-6-5-12(19)14(20)13(17)15(18)21;/h1-8,20H,9H2;1H. The van der Waals surface area contributed by atoms with Crippen molar-refractivity contribution < 1.29 is 5.11 Å². The summed E-state index contributed by atoms with van der Waals surface area (Å²) in [6.45, 7) is 0.328. The molecule has 0 aliphatic rings. The van der Waals surface area contributed by atoms with E-state index in [-0.39, 0.29) is 17.9 Å². The molecule has 3 aromatic rings. The molecule has 0 atom stereocenters. The van der Waals surface area contributed by atoms with E-state index in [2.05, 4.69) is 0 Å². The smallest absolute Gasteiger partial charge is 0.279 e. The van der Waals surface area contributed by atoms with Crippen LogP contribution in [0, 0.1) is 0 Å². The molecule has 0 unspecified atom stereocenters. The summed E-state index contributed by atoms with van der Waals surface area (Å²) in [5.41, 5.74) is -0.137. The summed E-state index contributed by atoms with van der Waals surface area (Å²) in [4.78, 5) is 23.9. The van der Waals surface area contributed by atoms with Gasteiger partial charge in [-0.05, 0) is 17.7 Å². The van der Waals surface area contributed by atoms with E-state index in [1.165, 1.54) is 21.2 Å². The highest BCUT2D eigenvalue weighted by Gasteiger charge is 2.10. The van der Waals surface area contributed by atoms with Crippen LogP contribution in [-0.2, 0) is 6.54 Å². The molecule has 0 aliphatic heterocycles. The van der Waals surface area contributed by atoms with E-state index in [0.29, 0.717) is 11.6 Å². The Morgan fingerprint density at radius 1 is 1.00 bits per heavy atom. The highest BCUT2D eigenvalue weighted by atomic mass is 35.5. The highest BCUT2D eigenvalue weighted by molar-refractivity contribution is 6.30. The van der Waals surface area contributed by atoms with Gasteiger partial charge >= 0.3 is 0 Å². The van der Waals surface area contributed by atoms with Crippen LogP contribution in [0.2, 0.25) is 5.02 Å². The van der Waals surface area contributed by atoms with Crippen LogP contribution in [0.5, 0.6) is 5.75 Å². The van der Waals surface area contributed by atoms with Gasteiger partial charge in [-0.25, -0.2) is 0 Å². The predicted molar refractivity (Wildman–Crippen MR) is 87.4 cm³/mol. The third-order valence-electron chi connectivity index (χ3n) is 3.24. The Morgan fingerprint density at radius 2 is 1.68 bits per heavy atom. The van der Waals surface area contributed by atoms with Crippen LogP contribution in [-0.4, -0.2) is 14.1 Å². The van der Waals surface area contributed by atoms with Crippen LogP contribution >= 0.6 is 24.0 Å². The lowest BCUT2D eigenvalue weighted by atomic mass is 10.2. The molecule has 1 aromatic carbocycles. The van der Waals surface area contributed by atoms with Gasteiger partial charge in [-0.2, -0.15) is 0 Å². The molecule has 2 aromatic heterocycles. The number of aromatic nitrogens is 2. The van der Waals surface area contributed by atoms with E-state index in [4.69, 9.17) is 11.6 Å². The molecular formula is C15H12Cl2N2O3. The maximum absolute atomic E-state index is 12.4. The Hall–Kier alpha value is -2.24. The molecule has 0 saturated carbocycles. The Labute approximate surface area is 136 Å². The van der Waals surface area contributed by atoms with Gasteiger partial charge in [0.15, 0.2) is 11.3 Å². The first-order valence-corrected chi connectivity index (χ1v) is 6.62. The van der Waals surface area contributed by atoms with Gasteiger partial charge in [0.05, 0.1) is 6.54 Å². The Bertz CT molecular complexity index is 930. The van der Waals surface area contributed by atoms with Gasteiger partial charge in [-0.3, -0.25) is 9.59 Å². The molecule has 0 bridgehead atoms. The molecule has 114 valence electrons. The molecule has 22 heavy (non-hydrogen) atoms. The van der Waals surface area contributed by atoms with Gasteiger partial charge in [-0.1, -0.05) is 23.7 Å². The molecule has 0 aliphatic carbocycles. The number of aromatic hydroxyl groups is 1. The van der Waals surface area contributed by atoms with Gasteiger partial charge < -0.3 is 14.1 Å². The van der Waals surface area contributed by atoms with E-state index in [1.807, 2.05) is 12.1 Å². The average Bonchev–Trinajstić information content (AvgIpc) is 2.48. The number of pyridine rings is 1. The summed E-state index contributed by atoms with van der Waals surface area (Å²) in [6.07, 6.45) is 4.67. The van der Waals surface area contributed by atoms with Gasteiger partial charge in [-0.15, -0.1) is 12.4 Å². The molecule has 1 N–H and O–H groups in total. The zero-order valence-corrected chi connectivity index (χ0v) is 12.8. The second-order valence-electron chi connectivity index (χ2n) is 4.64. The molecule has 5 nitrogen and oxygen atoms in total. The number of nitrogens with zero attached hydrogens (tertiary/aromatic N) is 2. The monoisotopic (exact) mass is 338 g/mol. The average molecular weight is 339 g/mol. The summed E-state index contributed by atoms with van der Waals surface area (Å²) in [6, 6.07) is 8.33. The SMILES string of the molecule is Cl.O=c1ccn2ccn(Cc3ccc(Cl)cc3)c(=O)c2c1O. The van der Waals surface area contributed by atoms with Crippen LogP contribution < -0.4 is 11.0 Å². The number of hydrogen-bond donors (Lipinski definition) is 1. The Balaban J connectivity index is 0.00000176. The van der Waals surface area contributed by atoms with Crippen molar-refractivity contribution in [3.63, 3.8) is 0 Å². The van der Waals surface area contributed by atoms with Crippen molar-refractivity contribution in [2.75, 3.05) is 0 Å². The van der Waals surface area contributed by atoms with Gasteiger partial charge in [0.25, 0.3) is 5.56 Å². The second-order valence-corrected chi connectivity index (χ2v) is 5.08. The van der Waals surface area contributed by atoms with Crippen molar-refractivity contribution >= 4 is 29.5 Å². The van der Waals surface area contributed by atoms with E-state index in [1.54, 1.807) is 24.5 Å². The minimum absolute atomic E-state index is 0. The molecule has 0 saturated heterocycles. The van der Waals surface area contributed by atoms with Crippen molar-refractivity contribution in [2.45, 2.75) is 6.54 Å². The molecule has 2 heterocycles. The van der Waals surface area contributed by atoms with Crippen molar-refractivity contribution in [3.05, 3.63) is 80.1 Å². The van der Waals surface area contributed by atoms with Crippen LogP contribution in [0.3, 0.4) is 0 Å². The molecule has 3 rings (SSSR count). The third-order valence-corrected chi connectivity index (χ3v) is 3.49. The Kier molecular flexibility index (Phi) is 4.59. The first-order valence-electron chi connectivity index (χ1n) is 6.24.